The zero-order valence-electron chi connectivity index (χ0n) is 16.2. The van der Waals surface area contributed by atoms with Crippen LogP contribution in [0.4, 0.5) is 5.69 Å². The maximum Gasteiger partial charge on any atom is 0.270 e. The van der Waals surface area contributed by atoms with Gasteiger partial charge in [0.1, 0.15) is 10.6 Å². The number of carbonyl (C=O) groups excluding carboxylic acids is 2. The van der Waals surface area contributed by atoms with Gasteiger partial charge in [-0.15, -0.1) is 0 Å². The number of hydrogen-bond acceptors (Lipinski definition) is 4. The molecule has 29 heavy (non-hydrogen) atoms. The lowest BCUT2D eigenvalue weighted by Crippen LogP contribution is -2.35. The number of anilines is 1. The third-order valence-electron chi connectivity index (χ3n) is 4.82. The molecular weight excluding hydrogens is 416 g/mol. The zero-order valence-corrected chi connectivity index (χ0v) is 17.8. The Morgan fingerprint density at radius 2 is 1.93 bits per heavy atom. The van der Waals surface area contributed by atoms with Gasteiger partial charge in [0.2, 0.25) is 15.9 Å². The van der Waals surface area contributed by atoms with Crippen LogP contribution in [0.2, 0.25) is 5.02 Å². The predicted molar refractivity (Wildman–Crippen MR) is 111 cm³/mol. The van der Waals surface area contributed by atoms with Crippen molar-refractivity contribution in [2.75, 3.05) is 32.0 Å². The molecule has 0 saturated carbocycles. The molecule has 3 rings (SSSR count). The fourth-order valence-corrected chi connectivity index (χ4v) is 4.51. The summed E-state index contributed by atoms with van der Waals surface area (Å²) in [7, 11) is -2.61. The average molecular weight is 439 g/mol. The van der Waals surface area contributed by atoms with Gasteiger partial charge in [-0.05, 0) is 49.6 Å². The van der Waals surface area contributed by atoms with E-state index in [9.17, 15) is 18.0 Å². The third kappa shape index (κ3) is 4.80. The minimum atomic E-state index is -3.93. The Hall–Kier alpha value is -2.36. The number of likely N-dealkylation sites (tertiary alicyclic amines) is 1. The lowest BCUT2D eigenvalue weighted by Gasteiger charge is -2.16. The molecule has 0 atom stereocenters. The number of benzene rings is 1. The summed E-state index contributed by atoms with van der Waals surface area (Å²) >= 11 is 5.90. The normalized spacial score (nSPS) is 14.4. The molecule has 1 aromatic heterocycles. The Morgan fingerprint density at radius 1 is 1.24 bits per heavy atom. The molecule has 1 aliphatic rings. The molecule has 8 nitrogen and oxygen atoms in total. The van der Waals surface area contributed by atoms with Gasteiger partial charge in [-0.1, -0.05) is 11.6 Å². The number of aromatic nitrogens is 1. The van der Waals surface area contributed by atoms with Gasteiger partial charge < -0.3 is 15.2 Å². The van der Waals surface area contributed by atoms with E-state index in [-0.39, 0.29) is 23.0 Å². The Labute approximate surface area is 174 Å². The number of rotatable bonds is 6. The molecule has 1 aliphatic heterocycles. The molecule has 1 aromatic carbocycles. The standard InChI is InChI=1S/C19H23ClN4O4S/c1-13-9-14(20)5-6-16(13)22-18(25)12-23(2)29(27,28)15-10-17(21-11-15)19(26)24-7-3-4-8-24/h5-6,9-11,21H,3-4,7-8,12H2,1-2H3,(H,22,25). The first-order valence-corrected chi connectivity index (χ1v) is 11.0. The van der Waals surface area contributed by atoms with Crippen LogP contribution in [-0.4, -0.2) is 61.1 Å². The van der Waals surface area contributed by atoms with E-state index in [0.717, 1.165) is 22.7 Å². The highest BCUT2D eigenvalue weighted by Gasteiger charge is 2.27. The SMILES string of the molecule is Cc1cc(Cl)ccc1NC(=O)CN(C)S(=O)(=O)c1c[nH]c(C(=O)N2CCCC2)c1. The monoisotopic (exact) mass is 438 g/mol. The van der Waals surface area contributed by atoms with Gasteiger partial charge >= 0.3 is 0 Å². The van der Waals surface area contributed by atoms with Gasteiger partial charge in [0.05, 0.1) is 6.54 Å². The van der Waals surface area contributed by atoms with Crippen LogP contribution in [0.15, 0.2) is 35.4 Å². The van der Waals surface area contributed by atoms with Crippen molar-refractivity contribution in [3.05, 3.63) is 46.7 Å². The highest BCUT2D eigenvalue weighted by molar-refractivity contribution is 7.89. The first-order valence-electron chi connectivity index (χ1n) is 9.18. The van der Waals surface area contributed by atoms with E-state index < -0.39 is 15.9 Å². The number of likely N-dealkylation sites (N-methyl/N-ethyl adjacent to an activating group) is 1. The molecule has 2 amide bonds. The van der Waals surface area contributed by atoms with Gasteiger partial charge in [0, 0.05) is 37.0 Å². The van der Waals surface area contributed by atoms with Crippen molar-refractivity contribution in [3.63, 3.8) is 0 Å². The van der Waals surface area contributed by atoms with Crippen molar-refractivity contribution >= 4 is 39.1 Å². The smallest absolute Gasteiger partial charge is 0.270 e. The first kappa shape index (κ1) is 21.4. The summed E-state index contributed by atoms with van der Waals surface area (Å²) in [5.74, 6) is -0.701. The molecule has 156 valence electrons. The van der Waals surface area contributed by atoms with Crippen molar-refractivity contribution in [1.82, 2.24) is 14.2 Å². The quantitative estimate of drug-likeness (QED) is 0.723. The largest absolute Gasteiger partial charge is 0.356 e. The maximum atomic E-state index is 12.8. The van der Waals surface area contributed by atoms with Crippen molar-refractivity contribution in [2.45, 2.75) is 24.7 Å². The molecule has 2 N–H and O–H groups in total. The molecule has 10 heteroatoms. The molecule has 1 saturated heterocycles. The first-order chi connectivity index (χ1) is 13.7. The third-order valence-corrected chi connectivity index (χ3v) is 6.83. The number of nitrogens with one attached hydrogen (secondary N) is 2. The number of amides is 2. The number of hydrogen-bond donors (Lipinski definition) is 2. The Balaban J connectivity index is 1.67. The summed E-state index contributed by atoms with van der Waals surface area (Å²) in [5.41, 5.74) is 1.55. The number of halogens is 1. The Bertz CT molecular complexity index is 1030. The van der Waals surface area contributed by atoms with E-state index in [1.807, 2.05) is 0 Å². The van der Waals surface area contributed by atoms with Gasteiger partial charge in [-0.2, -0.15) is 4.31 Å². The molecule has 2 aromatic rings. The average Bonchev–Trinajstić information content (AvgIpc) is 3.35. The second-order valence-corrected chi connectivity index (χ2v) is 9.50. The van der Waals surface area contributed by atoms with E-state index in [4.69, 9.17) is 11.6 Å². The summed E-state index contributed by atoms with van der Waals surface area (Å²) in [5, 5.41) is 3.23. The van der Waals surface area contributed by atoms with Gasteiger partial charge in [-0.3, -0.25) is 9.59 Å². The Kier molecular flexibility index (Phi) is 6.30. The van der Waals surface area contributed by atoms with E-state index >= 15 is 0 Å². The number of carbonyl (C=O) groups is 2. The lowest BCUT2D eigenvalue weighted by molar-refractivity contribution is -0.116. The highest BCUT2D eigenvalue weighted by atomic mass is 35.5. The van der Waals surface area contributed by atoms with Crippen LogP contribution in [0.5, 0.6) is 0 Å². The molecule has 0 unspecified atom stereocenters. The fraction of sp³-hybridized carbons (Fsp3) is 0.368. The van der Waals surface area contributed by atoms with Crippen LogP contribution < -0.4 is 5.32 Å². The van der Waals surface area contributed by atoms with Crippen LogP contribution >= 0.6 is 11.6 Å². The molecule has 0 aliphatic carbocycles. The minimum absolute atomic E-state index is 0.0574. The summed E-state index contributed by atoms with van der Waals surface area (Å²) in [6.07, 6.45) is 3.17. The predicted octanol–water partition coefficient (Wildman–Crippen LogP) is 2.47. The van der Waals surface area contributed by atoms with E-state index in [0.29, 0.717) is 23.8 Å². The van der Waals surface area contributed by atoms with E-state index in [2.05, 4.69) is 10.3 Å². The van der Waals surface area contributed by atoms with Crippen LogP contribution in [0, 0.1) is 6.92 Å². The highest BCUT2D eigenvalue weighted by Crippen LogP contribution is 2.21. The van der Waals surface area contributed by atoms with Gasteiger partial charge in [0.25, 0.3) is 5.91 Å². The van der Waals surface area contributed by atoms with Gasteiger partial charge in [0.15, 0.2) is 0 Å². The van der Waals surface area contributed by atoms with E-state index in [1.54, 1.807) is 30.0 Å². The van der Waals surface area contributed by atoms with Gasteiger partial charge in [-0.25, -0.2) is 8.42 Å². The summed E-state index contributed by atoms with van der Waals surface area (Å²) in [6.45, 7) is 2.76. The fourth-order valence-electron chi connectivity index (χ4n) is 3.16. The lowest BCUT2D eigenvalue weighted by atomic mass is 10.2. The summed E-state index contributed by atoms with van der Waals surface area (Å²) in [4.78, 5) is 29.1. The molecule has 2 heterocycles. The number of nitrogens with zero attached hydrogens (tertiary/aromatic N) is 2. The second kappa shape index (κ2) is 8.56. The minimum Gasteiger partial charge on any atom is -0.356 e. The number of aromatic amines is 1. The summed E-state index contributed by atoms with van der Waals surface area (Å²) in [6, 6.07) is 6.32. The number of aryl methyl sites for hydroxylation is 1. The van der Waals surface area contributed by atoms with E-state index in [1.165, 1.54) is 19.3 Å². The molecule has 0 bridgehead atoms. The zero-order chi connectivity index (χ0) is 21.2. The summed E-state index contributed by atoms with van der Waals surface area (Å²) < 4.78 is 26.5. The van der Waals surface area contributed by atoms with Crippen molar-refractivity contribution in [2.24, 2.45) is 0 Å². The Morgan fingerprint density at radius 3 is 2.59 bits per heavy atom. The molecular formula is C19H23ClN4O4S. The molecule has 0 radical (unpaired) electrons. The van der Waals surface area contributed by atoms with Crippen LogP contribution in [0.25, 0.3) is 0 Å². The number of sulfonamides is 1. The molecule has 0 spiro atoms. The van der Waals surface area contributed by atoms with Crippen LogP contribution in [0.3, 0.4) is 0 Å². The van der Waals surface area contributed by atoms with Crippen molar-refractivity contribution in [1.29, 1.82) is 0 Å². The second-order valence-electron chi connectivity index (χ2n) is 7.02. The van der Waals surface area contributed by atoms with Crippen LogP contribution in [-0.2, 0) is 14.8 Å². The van der Waals surface area contributed by atoms with Crippen molar-refractivity contribution < 1.29 is 18.0 Å². The van der Waals surface area contributed by atoms with Crippen molar-refractivity contribution in [3.8, 4) is 0 Å². The topological polar surface area (TPSA) is 103 Å². The number of H-pyrrole nitrogens is 1. The maximum absolute atomic E-state index is 12.8. The van der Waals surface area contributed by atoms with Crippen LogP contribution in [0.1, 0.15) is 28.9 Å². The molecule has 1 fully saturated rings.